The first kappa shape index (κ1) is 18.5. The highest BCUT2D eigenvalue weighted by Crippen LogP contribution is 2.39. The first-order valence-electron chi connectivity index (χ1n) is 8.66. The molecule has 3 aromatic carbocycles. The second-order valence-electron chi connectivity index (χ2n) is 6.55. The van der Waals surface area contributed by atoms with Crippen LogP contribution in [-0.4, -0.2) is 5.71 Å². The summed E-state index contributed by atoms with van der Waals surface area (Å²) in [6.07, 6.45) is 0.815. The summed E-state index contributed by atoms with van der Waals surface area (Å²) in [4.78, 5) is 0. The Morgan fingerprint density at radius 3 is 2.37 bits per heavy atom. The van der Waals surface area contributed by atoms with Crippen LogP contribution in [-0.2, 0) is 0 Å². The van der Waals surface area contributed by atoms with Crippen LogP contribution in [0.1, 0.15) is 29.2 Å². The van der Waals surface area contributed by atoms with Crippen molar-refractivity contribution in [3.8, 4) is 0 Å². The van der Waals surface area contributed by atoms with Crippen molar-refractivity contribution in [1.29, 1.82) is 0 Å². The number of hydrogen-bond donors (Lipinski definition) is 0. The molecule has 1 heterocycles. The van der Waals surface area contributed by atoms with Crippen LogP contribution in [0.2, 0.25) is 10.0 Å². The Morgan fingerprint density at radius 1 is 0.963 bits per heavy atom. The fraction of sp³-hybridized carbons (Fsp3) is 0.136. The van der Waals surface area contributed by atoms with Gasteiger partial charge in [0.1, 0.15) is 0 Å². The summed E-state index contributed by atoms with van der Waals surface area (Å²) in [5.41, 5.74) is 5.40. The summed E-state index contributed by atoms with van der Waals surface area (Å²) >= 11 is 16.0. The molecule has 0 N–H and O–H groups in total. The van der Waals surface area contributed by atoms with E-state index in [0.29, 0.717) is 0 Å². The summed E-state index contributed by atoms with van der Waals surface area (Å²) in [5.74, 6) is 0. The lowest BCUT2D eigenvalue weighted by Crippen LogP contribution is -2.19. The van der Waals surface area contributed by atoms with Crippen molar-refractivity contribution < 1.29 is 0 Å². The van der Waals surface area contributed by atoms with Crippen molar-refractivity contribution in [2.75, 3.05) is 5.01 Å². The second-order valence-corrected chi connectivity index (χ2v) is 8.31. The van der Waals surface area contributed by atoms with Gasteiger partial charge in [0.05, 0.1) is 17.4 Å². The lowest BCUT2D eigenvalue weighted by Gasteiger charge is -2.26. The molecular weight excluding hydrogens is 443 g/mol. The fourth-order valence-corrected chi connectivity index (χ4v) is 3.90. The SMILES string of the molecule is Cc1c(Cl)cccc1N1N=C(c2ccc(Cl)cc2)CC1c1ccc(Br)cc1. The molecule has 136 valence electrons. The molecule has 0 spiro atoms. The highest BCUT2D eigenvalue weighted by Gasteiger charge is 2.31. The van der Waals surface area contributed by atoms with E-state index in [-0.39, 0.29) is 6.04 Å². The monoisotopic (exact) mass is 458 g/mol. The Morgan fingerprint density at radius 2 is 1.67 bits per heavy atom. The van der Waals surface area contributed by atoms with Crippen LogP contribution in [0.15, 0.2) is 76.3 Å². The van der Waals surface area contributed by atoms with Gasteiger partial charge < -0.3 is 0 Å². The molecule has 0 aliphatic carbocycles. The topological polar surface area (TPSA) is 15.6 Å². The lowest BCUT2D eigenvalue weighted by molar-refractivity contribution is 0.707. The van der Waals surface area contributed by atoms with Crippen molar-refractivity contribution >= 4 is 50.5 Å². The van der Waals surface area contributed by atoms with E-state index in [4.69, 9.17) is 28.3 Å². The molecule has 3 aromatic rings. The molecule has 0 fully saturated rings. The van der Waals surface area contributed by atoms with Crippen LogP contribution < -0.4 is 5.01 Å². The van der Waals surface area contributed by atoms with E-state index in [1.807, 2.05) is 43.3 Å². The largest absolute Gasteiger partial charge is 0.257 e. The van der Waals surface area contributed by atoms with E-state index in [9.17, 15) is 0 Å². The van der Waals surface area contributed by atoms with Gasteiger partial charge in [-0.25, -0.2) is 0 Å². The smallest absolute Gasteiger partial charge is 0.0831 e. The maximum absolute atomic E-state index is 6.38. The zero-order chi connectivity index (χ0) is 19.0. The highest BCUT2D eigenvalue weighted by molar-refractivity contribution is 9.10. The average Bonchev–Trinajstić information content (AvgIpc) is 3.10. The van der Waals surface area contributed by atoms with Crippen molar-refractivity contribution in [3.05, 3.63) is 97.9 Å². The van der Waals surface area contributed by atoms with E-state index in [0.717, 1.165) is 43.5 Å². The predicted molar refractivity (Wildman–Crippen MR) is 118 cm³/mol. The van der Waals surface area contributed by atoms with Gasteiger partial charge in [-0.05, 0) is 60.0 Å². The standard InChI is InChI=1S/C22H17BrCl2N2/c1-14-19(25)3-2-4-21(14)27-22(16-5-9-17(23)10-6-16)13-20(26-27)15-7-11-18(24)12-8-15/h2-12,22H,13H2,1H3. The molecular formula is C22H17BrCl2N2. The average molecular weight is 460 g/mol. The minimum Gasteiger partial charge on any atom is -0.257 e. The molecule has 4 rings (SSSR count). The number of benzene rings is 3. The third kappa shape index (κ3) is 3.77. The summed E-state index contributed by atoms with van der Waals surface area (Å²) in [6.45, 7) is 2.03. The normalized spacial score (nSPS) is 16.5. The van der Waals surface area contributed by atoms with Crippen LogP contribution in [0.3, 0.4) is 0 Å². The Kier molecular flexibility index (Phi) is 5.27. The fourth-order valence-electron chi connectivity index (χ4n) is 3.34. The molecule has 27 heavy (non-hydrogen) atoms. The van der Waals surface area contributed by atoms with E-state index in [1.54, 1.807) is 0 Å². The summed E-state index contributed by atoms with van der Waals surface area (Å²) in [7, 11) is 0. The van der Waals surface area contributed by atoms with E-state index in [2.05, 4.69) is 51.3 Å². The highest BCUT2D eigenvalue weighted by atomic mass is 79.9. The van der Waals surface area contributed by atoms with Crippen molar-refractivity contribution in [2.24, 2.45) is 5.10 Å². The van der Waals surface area contributed by atoms with Gasteiger partial charge in [0, 0.05) is 20.9 Å². The molecule has 0 saturated heterocycles. The van der Waals surface area contributed by atoms with Crippen LogP contribution in [0.5, 0.6) is 0 Å². The molecule has 0 amide bonds. The van der Waals surface area contributed by atoms with Gasteiger partial charge in [-0.15, -0.1) is 0 Å². The molecule has 0 radical (unpaired) electrons. The molecule has 1 aliphatic heterocycles. The molecule has 1 atom stereocenters. The molecule has 0 bridgehead atoms. The number of anilines is 1. The number of halogens is 3. The maximum atomic E-state index is 6.38. The minimum absolute atomic E-state index is 0.112. The summed E-state index contributed by atoms with van der Waals surface area (Å²) < 4.78 is 1.06. The molecule has 2 nitrogen and oxygen atoms in total. The van der Waals surface area contributed by atoms with Gasteiger partial charge in [0.25, 0.3) is 0 Å². The number of rotatable bonds is 3. The Labute approximate surface area is 177 Å². The second kappa shape index (κ2) is 7.67. The van der Waals surface area contributed by atoms with Crippen LogP contribution in [0.4, 0.5) is 5.69 Å². The van der Waals surface area contributed by atoms with Gasteiger partial charge in [-0.2, -0.15) is 5.10 Å². The van der Waals surface area contributed by atoms with Gasteiger partial charge in [0.2, 0.25) is 0 Å². The quantitative estimate of drug-likeness (QED) is 0.397. The van der Waals surface area contributed by atoms with Crippen LogP contribution in [0, 0.1) is 6.92 Å². The molecule has 1 aliphatic rings. The number of nitrogens with zero attached hydrogens (tertiary/aromatic N) is 2. The third-order valence-corrected chi connectivity index (χ3v) is 6.02. The van der Waals surface area contributed by atoms with E-state index >= 15 is 0 Å². The number of hydrogen-bond acceptors (Lipinski definition) is 2. The first-order valence-corrected chi connectivity index (χ1v) is 10.2. The maximum Gasteiger partial charge on any atom is 0.0831 e. The van der Waals surface area contributed by atoms with Crippen molar-refractivity contribution in [2.45, 2.75) is 19.4 Å². The summed E-state index contributed by atoms with van der Waals surface area (Å²) in [6, 6.07) is 22.3. The molecule has 5 heteroatoms. The predicted octanol–water partition coefficient (Wildman–Crippen LogP) is 7.42. The molecule has 1 unspecified atom stereocenters. The lowest BCUT2D eigenvalue weighted by atomic mass is 9.98. The third-order valence-electron chi connectivity index (χ3n) is 4.83. The molecule has 0 aromatic heterocycles. The minimum atomic E-state index is 0.112. The van der Waals surface area contributed by atoms with E-state index < -0.39 is 0 Å². The van der Waals surface area contributed by atoms with Gasteiger partial charge >= 0.3 is 0 Å². The number of hydrazone groups is 1. The Hall–Kier alpha value is -1.81. The van der Waals surface area contributed by atoms with Gasteiger partial charge in [-0.3, -0.25) is 5.01 Å². The molecule has 0 saturated carbocycles. The van der Waals surface area contributed by atoms with E-state index in [1.165, 1.54) is 5.56 Å². The van der Waals surface area contributed by atoms with Gasteiger partial charge in [-0.1, -0.05) is 69.5 Å². The van der Waals surface area contributed by atoms with Crippen molar-refractivity contribution in [3.63, 3.8) is 0 Å². The van der Waals surface area contributed by atoms with Crippen LogP contribution >= 0.6 is 39.1 Å². The van der Waals surface area contributed by atoms with Crippen molar-refractivity contribution in [1.82, 2.24) is 0 Å². The Balaban J connectivity index is 1.79. The first-order chi connectivity index (χ1) is 13.0. The zero-order valence-corrected chi connectivity index (χ0v) is 17.8. The van der Waals surface area contributed by atoms with Gasteiger partial charge in [0.15, 0.2) is 0 Å². The Bertz CT molecular complexity index is 998. The van der Waals surface area contributed by atoms with Crippen LogP contribution in [0.25, 0.3) is 0 Å². The summed E-state index contributed by atoms with van der Waals surface area (Å²) in [5, 5.41) is 8.54. The zero-order valence-electron chi connectivity index (χ0n) is 14.7.